The van der Waals surface area contributed by atoms with Crippen LogP contribution in [0.4, 0.5) is 22.3 Å². The molecule has 25 heavy (non-hydrogen) atoms. The summed E-state index contributed by atoms with van der Waals surface area (Å²) in [7, 11) is 6.09. The number of anilines is 4. The lowest BCUT2D eigenvalue weighted by Crippen LogP contribution is -2.33. The molecule has 4 rings (SSSR count). The minimum atomic E-state index is 0.779. The van der Waals surface area contributed by atoms with Crippen molar-refractivity contribution in [2.75, 3.05) is 42.8 Å². The highest BCUT2D eigenvalue weighted by Crippen LogP contribution is 2.27. The smallest absolute Gasteiger partial charge is 0.349 e. The fourth-order valence-corrected chi connectivity index (χ4v) is 3.56. The van der Waals surface area contributed by atoms with Crippen LogP contribution >= 0.6 is 11.3 Å². The van der Waals surface area contributed by atoms with Crippen LogP contribution in [0.3, 0.4) is 0 Å². The van der Waals surface area contributed by atoms with Gasteiger partial charge in [-0.15, -0.1) is 0 Å². The Bertz CT molecular complexity index is 906. The van der Waals surface area contributed by atoms with E-state index in [1.807, 2.05) is 47.5 Å². The Labute approximate surface area is 150 Å². The van der Waals surface area contributed by atoms with Crippen molar-refractivity contribution in [3.8, 4) is 5.82 Å². The van der Waals surface area contributed by atoms with Crippen LogP contribution in [0, 0.1) is 0 Å². The minimum Gasteiger partial charge on any atom is -0.375 e. The van der Waals surface area contributed by atoms with E-state index in [2.05, 4.69) is 38.4 Å². The van der Waals surface area contributed by atoms with Gasteiger partial charge in [0.1, 0.15) is 0 Å². The second kappa shape index (κ2) is 6.29. The van der Waals surface area contributed by atoms with Gasteiger partial charge in [0.15, 0.2) is 17.5 Å². The standard InChI is InChI=1S/C17H20N7S/c1-22(2)13-5-4-7-18-16(13)20-17-21-24(11-25-17)15-9-12-6-8-23(3)14(12)10-19-15/h4-5,7,9-11H,6,8H2,1-3H3,(H,18,20,21)/q+1. The van der Waals surface area contributed by atoms with E-state index in [1.54, 1.807) is 6.20 Å². The van der Waals surface area contributed by atoms with Crippen molar-refractivity contribution in [1.29, 1.82) is 0 Å². The molecule has 0 saturated carbocycles. The van der Waals surface area contributed by atoms with Crippen LogP contribution in [0.25, 0.3) is 5.82 Å². The number of hydrogen-bond donors (Lipinski definition) is 1. The van der Waals surface area contributed by atoms with E-state index in [4.69, 9.17) is 0 Å². The second-order valence-corrected chi connectivity index (χ2v) is 7.04. The zero-order chi connectivity index (χ0) is 17.4. The van der Waals surface area contributed by atoms with Crippen LogP contribution in [0.2, 0.25) is 0 Å². The lowest BCUT2D eigenvalue weighted by molar-refractivity contribution is -0.656. The molecule has 128 valence electrons. The van der Waals surface area contributed by atoms with E-state index in [1.165, 1.54) is 22.6 Å². The molecule has 0 aromatic carbocycles. The Kier molecular flexibility index (Phi) is 3.96. The Morgan fingerprint density at radius 1 is 1.32 bits per heavy atom. The molecule has 8 heteroatoms. The van der Waals surface area contributed by atoms with Crippen molar-refractivity contribution >= 4 is 33.7 Å². The Morgan fingerprint density at radius 2 is 2.20 bits per heavy atom. The average Bonchev–Trinajstić information content (AvgIpc) is 3.22. The molecular weight excluding hydrogens is 334 g/mol. The third-order valence-corrected chi connectivity index (χ3v) is 4.98. The first-order valence-corrected chi connectivity index (χ1v) is 8.97. The number of nitrogens with zero attached hydrogens (tertiary/aromatic N) is 6. The van der Waals surface area contributed by atoms with Crippen LogP contribution in [0.15, 0.2) is 36.1 Å². The highest BCUT2D eigenvalue weighted by Gasteiger charge is 2.22. The van der Waals surface area contributed by atoms with Gasteiger partial charge in [0.05, 0.1) is 11.4 Å². The number of pyridine rings is 2. The molecule has 0 saturated heterocycles. The summed E-state index contributed by atoms with van der Waals surface area (Å²) in [6.45, 7) is 1.04. The Morgan fingerprint density at radius 3 is 3.04 bits per heavy atom. The fourth-order valence-electron chi connectivity index (χ4n) is 2.91. The van der Waals surface area contributed by atoms with Crippen molar-refractivity contribution < 1.29 is 4.68 Å². The van der Waals surface area contributed by atoms with E-state index in [9.17, 15) is 0 Å². The van der Waals surface area contributed by atoms with Crippen LogP contribution in [0.1, 0.15) is 5.56 Å². The molecule has 7 nitrogen and oxygen atoms in total. The first-order chi connectivity index (χ1) is 12.1. The summed E-state index contributed by atoms with van der Waals surface area (Å²) in [5.41, 5.74) is 5.50. The van der Waals surface area contributed by atoms with Gasteiger partial charge in [0, 0.05) is 40.0 Å². The molecule has 0 fully saturated rings. The molecule has 0 unspecified atom stereocenters. The molecule has 0 spiro atoms. The number of rotatable bonds is 4. The summed E-state index contributed by atoms with van der Waals surface area (Å²) >= 11 is 1.53. The SMILES string of the molecule is CN(C)c1cccnc1Nc1n[n+](-c2cc3c(cn2)N(C)CC3)cs1. The van der Waals surface area contributed by atoms with Crippen molar-refractivity contribution in [3.63, 3.8) is 0 Å². The third-order valence-electron chi connectivity index (χ3n) is 4.27. The number of aromatic nitrogens is 4. The zero-order valence-electron chi connectivity index (χ0n) is 14.5. The molecule has 0 aliphatic carbocycles. The van der Waals surface area contributed by atoms with Gasteiger partial charge >= 0.3 is 5.82 Å². The Hall–Kier alpha value is -2.74. The summed E-state index contributed by atoms with van der Waals surface area (Å²) < 4.78 is 1.81. The highest BCUT2D eigenvalue weighted by molar-refractivity contribution is 7.13. The molecule has 0 amide bonds. The molecule has 0 bridgehead atoms. The quantitative estimate of drug-likeness (QED) is 0.723. The number of hydrogen-bond acceptors (Lipinski definition) is 7. The molecule has 1 aliphatic heterocycles. The van der Waals surface area contributed by atoms with Crippen molar-refractivity contribution in [2.24, 2.45) is 0 Å². The maximum atomic E-state index is 4.61. The summed E-state index contributed by atoms with van der Waals surface area (Å²) in [6.07, 6.45) is 4.76. The van der Waals surface area contributed by atoms with Crippen molar-refractivity contribution in [3.05, 3.63) is 41.7 Å². The van der Waals surface area contributed by atoms with Crippen LogP contribution in [-0.2, 0) is 6.42 Å². The van der Waals surface area contributed by atoms with Crippen LogP contribution in [0.5, 0.6) is 0 Å². The van der Waals surface area contributed by atoms with Crippen LogP contribution in [-0.4, -0.2) is 42.8 Å². The van der Waals surface area contributed by atoms with Gasteiger partial charge in [-0.2, -0.15) is 0 Å². The van der Waals surface area contributed by atoms with Gasteiger partial charge in [-0.3, -0.25) is 0 Å². The van der Waals surface area contributed by atoms with Gasteiger partial charge in [0.25, 0.3) is 0 Å². The second-order valence-electron chi connectivity index (χ2n) is 6.21. The van der Waals surface area contributed by atoms with E-state index in [0.717, 1.165) is 35.4 Å². The maximum absolute atomic E-state index is 4.61. The van der Waals surface area contributed by atoms with Gasteiger partial charge < -0.3 is 15.1 Å². The summed E-state index contributed by atoms with van der Waals surface area (Å²) in [5.74, 6) is 1.63. The first kappa shape index (κ1) is 15.8. The predicted molar refractivity (Wildman–Crippen MR) is 100 cm³/mol. The van der Waals surface area contributed by atoms with E-state index in [-0.39, 0.29) is 0 Å². The van der Waals surface area contributed by atoms with Gasteiger partial charge in [-0.1, -0.05) is 16.0 Å². The van der Waals surface area contributed by atoms with Gasteiger partial charge in [0.2, 0.25) is 5.13 Å². The van der Waals surface area contributed by atoms with Crippen molar-refractivity contribution in [2.45, 2.75) is 6.42 Å². The molecule has 4 heterocycles. The summed E-state index contributed by atoms with van der Waals surface area (Å²) in [5, 5.41) is 8.69. The number of fused-ring (bicyclic) bond motifs is 1. The molecular formula is C17H20N7S+. The zero-order valence-corrected chi connectivity index (χ0v) is 15.3. The molecule has 3 aromatic rings. The molecule has 0 atom stereocenters. The lowest BCUT2D eigenvalue weighted by atomic mass is 10.2. The fraction of sp³-hybridized carbons (Fsp3) is 0.294. The van der Waals surface area contributed by atoms with Crippen molar-refractivity contribution in [1.82, 2.24) is 15.1 Å². The van der Waals surface area contributed by atoms with E-state index in [0.29, 0.717) is 0 Å². The monoisotopic (exact) mass is 354 g/mol. The molecule has 1 aliphatic rings. The lowest BCUT2D eigenvalue weighted by Gasteiger charge is -2.15. The first-order valence-electron chi connectivity index (χ1n) is 8.09. The highest BCUT2D eigenvalue weighted by atomic mass is 32.1. The minimum absolute atomic E-state index is 0.779. The normalized spacial score (nSPS) is 13.0. The predicted octanol–water partition coefficient (Wildman–Crippen LogP) is 2.01. The maximum Gasteiger partial charge on any atom is 0.349 e. The average molecular weight is 354 g/mol. The number of likely N-dealkylation sites (N-methyl/N-ethyl adjacent to an activating group) is 1. The summed E-state index contributed by atoms with van der Waals surface area (Å²) in [6, 6.07) is 6.07. The van der Waals surface area contributed by atoms with E-state index >= 15 is 0 Å². The number of nitrogens with one attached hydrogen (secondary N) is 1. The molecule has 3 aromatic heterocycles. The molecule has 1 N–H and O–H groups in total. The third kappa shape index (κ3) is 3.00. The van der Waals surface area contributed by atoms with Gasteiger partial charge in [-0.25, -0.2) is 4.98 Å². The van der Waals surface area contributed by atoms with E-state index < -0.39 is 0 Å². The van der Waals surface area contributed by atoms with Gasteiger partial charge in [-0.05, 0) is 34.2 Å². The Balaban J connectivity index is 1.59. The van der Waals surface area contributed by atoms with Crippen LogP contribution < -0.4 is 19.8 Å². The molecule has 0 radical (unpaired) electrons. The summed E-state index contributed by atoms with van der Waals surface area (Å²) in [4.78, 5) is 13.2. The topological polar surface area (TPSA) is 61.1 Å². The largest absolute Gasteiger partial charge is 0.375 e.